The van der Waals surface area contributed by atoms with Gasteiger partial charge in [-0.3, -0.25) is 0 Å². The van der Waals surface area contributed by atoms with Gasteiger partial charge in [-0.2, -0.15) is 0 Å². The molecule has 0 amide bonds. The lowest BCUT2D eigenvalue weighted by molar-refractivity contribution is 1.02. The number of nitrogens with zero attached hydrogens (tertiary/aromatic N) is 1. The molecule has 0 saturated carbocycles. The molecule has 4 aromatic rings. The van der Waals surface area contributed by atoms with E-state index in [4.69, 9.17) is 0 Å². The fourth-order valence-corrected chi connectivity index (χ4v) is 3.94. The number of benzene rings is 3. The monoisotopic (exact) mass is 335 g/mol. The predicted octanol–water partition coefficient (Wildman–Crippen LogP) is 6.96. The van der Waals surface area contributed by atoms with E-state index in [1.165, 1.54) is 44.2 Å². The zero-order valence-corrected chi connectivity index (χ0v) is 14.9. The highest BCUT2D eigenvalue weighted by Crippen LogP contribution is 2.35. The van der Waals surface area contributed by atoms with Crippen LogP contribution in [0.4, 0.5) is 0 Å². The van der Waals surface area contributed by atoms with Crippen LogP contribution >= 0.6 is 0 Å². The summed E-state index contributed by atoms with van der Waals surface area (Å²) in [7, 11) is 0. The van der Waals surface area contributed by atoms with E-state index >= 15 is 0 Å². The number of allylic oxidation sites excluding steroid dienone is 4. The Kier molecular flexibility index (Phi) is 3.53. The van der Waals surface area contributed by atoms with Crippen LogP contribution in [-0.4, -0.2) is 4.57 Å². The Morgan fingerprint density at radius 1 is 0.731 bits per heavy atom. The van der Waals surface area contributed by atoms with Crippen molar-refractivity contribution in [2.75, 3.05) is 0 Å². The Bertz CT molecular complexity index is 1170. The third-order valence-corrected chi connectivity index (χ3v) is 5.29. The second-order valence-electron chi connectivity index (χ2n) is 7.06. The Labute approximate surface area is 153 Å². The molecule has 0 fully saturated rings. The van der Waals surface area contributed by atoms with E-state index in [0.717, 1.165) is 12.8 Å². The molecule has 0 saturated heterocycles. The lowest BCUT2D eigenvalue weighted by atomic mass is 10.0. The van der Waals surface area contributed by atoms with Gasteiger partial charge in [0.25, 0.3) is 0 Å². The van der Waals surface area contributed by atoms with Gasteiger partial charge in [0.05, 0.1) is 11.0 Å². The molecule has 0 bridgehead atoms. The molecule has 1 aliphatic carbocycles. The molecule has 0 unspecified atom stereocenters. The molecular weight excluding hydrogens is 314 g/mol. The van der Waals surface area contributed by atoms with Crippen molar-refractivity contribution in [2.45, 2.75) is 19.8 Å². The topological polar surface area (TPSA) is 4.93 Å². The molecule has 1 aromatic heterocycles. The summed E-state index contributed by atoms with van der Waals surface area (Å²) in [5.41, 5.74) is 7.66. The van der Waals surface area contributed by atoms with Crippen molar-refractivity contribution in [3.05, 3.63) is 90.5 Å². The standard InChI is InChI=1S/C25H21N/c1-18-11-13-19(14-12-18)20-15-16-23-22-9-5-6-10-24(22)26(25(23)17-20)21-7-3-2-4-8-21/h3,5-17H,2,4H2,1H3. The fourth-order valence-electron chi connectivity index (χ4n) is 3.94. The molecule has 3 aromatic carbocycles. The van der Waals surface area contributed by atoms with Crippen LogP contribution in [-0.2, 0) is 0 Å². The van der Waals surface area contributed by atoms with E-state index in [2.05, 4.69) is 96.4 Å². The van der Waals surface area contributed by atoms with Crippen molar-refractivity contribution in [1.82, 2.24) is 4.57 Å². The van der Waals surface area contributed by atoms with Gasteiger partial charge in [0.1, 0.15) is 0 Å². The van der Waals surface area contributed by atoms with Crippen molar-refractivity contribution in [3.8, 4) is 11.1 Å². The van der Waals surface area contributed by atoms with Crippen LogP contribution in [0, 0.1) is 6.92 Å². The van der Waals surface area contributed by atoms with Gasteiger partial charge in [-0.25, -0.2) is 0 Å². The summed E-state index contributed by atoms with van der Waals surface area (Å²) in [6.45, 7) is 2.13. The summed E-state index contributed by atoms with van der Waals surface area (Å²) in [4.78, 5) is 0. The maximum absolute atomic E-state index is 2.41. The quantitative estimate of drug-likeness (QED) is 0.373. The Morgan fingerprint density at radius 3 is 2.31 bits per heavy atom. The summed E-state index contributed by atoms with van der Waals surface area (Å²) in [5.74, 6) is 0. The summed E-state index contributed by atoms with van der Waals surface area (Å²) in [6.07, 6.45) is 9.13. The third kappa shape index (κ3) is 2.40. The van der Waals surface area contributed by atoms with Gasteiger partial charge < -0.3 is 4.57 Å². The molecule has 0 radical (unpaired) electrons. The minimum atomic E-state index is 1.11. The third-order valence-electron chi connectivity index (χ3n) is 5.29. The van der Waals surface area contributed by atoms with Gasteiger partial charge in [-0.1, -0.05) is 72.3 Å². The first kappa shape index (κ1) is 15.2. The highest BCUT2D eigenvalue weighted by Gasteiger charge is 2.14. The van der Waals surface area contributed by atoms with Crippen molar-refractivity contribution in [2.24, 2.45) is 0 Å². The van der Waals surface area contributed by atoms with Crippen molar-refractivity contribution >= 4 is 27.5 Å². The normalized spacial score (nSPS) is 14.1. The molecule has 1 heterocycles. The second kappa shape index (κ2) is 6.03. The minimum Gasteiger partial charge on any atom is -0.310 e. The maximum atomic E-state index is 2.41. The zero-order valence-electron chi connectivity index (χ0n) is 14.9. The van der Waals surface area contributed by atoms with Crippen molar-refractivity contribution < 1.29 is 0 Å². The number of hydrogen-bond acceptors (Lipinski definition) is 0. The maximum Gasteiger partial charge on any atom is 0.0547 e. The summed E-state index contributed by atoms with van der Waals surface area (Å²) < 4.78 is 2.41. The highest BCUT2D eigenvalue weighted by atomic mass is 15.0. The summed E-state index contributed by atoms with van der Waals surface area (Å²) >= 11 is 0. The van der Waals surface area contributed by atoms with E-state index in [1.807, 2.05) is 0 Å². The molecule has 0 aliphatic heterocycles. The van der Waals surface area contributed by atoms with Crippen LogP contribution in [0.1, 0.15) is 18.4 Å². The van der Waals surface area contributed by atoms with Gasteiger partial charge in [-0.15, -0.1) is 0 Å². The van der Waals surface area contributed by atoms with Crippen LogP contribution in [0.15, 0.2) is 85.0 Å². The van der Waals surface area contributed by atoms with E-state index in [-0.39, 0.29) is 0 Å². The molecule has 0 spiro atoms. The first-order valence-electron chi connectivity index (χ1n) is 9.28. The van der Waals surface area contributed by atoms with Crippen LogP contribution in [0.5, 0.6) is 0 Å². The molecule has 0 N–H and O–H groups in total. The lowest BCUT2D eigenvalue weighted by Gasteiger charge is -2.12. The summed E-state index contributed by atoms with van der Waals surface area (Å²) in [6, 6.07) is 24.4. The van der Waals surface area contributed by atoms with E-state index in [9.17, 15) is 0 Å². The average molecular weight is 335 g/mol. The van der Waals surface area contributed by atoms with Gasteiger partial charge in [-0.05, 0) is 49.1 Å². The average Bonchev–Trinajstić information content (AvgIpc) is 3.03. The number of rotatable bonds is 2. The van der Waals surface area contributed by atoms with Gasteiger partial charge in [0, 0.05) is 16.5 Å². The molecule has 26 heavy (non-hydrogen) atoms. The van der Waals surface area contributed by atoms with Crippen LogP contribution in [0.3, 0.4) is 0 Å². The van der Waals surface area contributed by atoms with Gasteiger partial charge in [0.15, 0.2) is 0 Å². The Morgan fingerprint density at radius 2 is 1.50 bits per heavy atom. The van der Waals surface area contributed by atoms with Crippen molar-refractivity contribution in [1.29, 1.82) is 0 Å². The first-order chi connectivity index (χ1) is 12.8. The number of aryl methyl sites for hydroxylation is 1. The van der Waals surface area contributed by atoms with Gasteiger partial charge in [0.2, 0.25) is 0 Å². The van der Waals surface area contributed by atoms with E-state index in [0.29, 0.717) is 0 Å². The molecule has 1 aliphatic rings. The molecule has 1 heteroatoms. The van der Waals surface area contributed by atoms with Gasteiger partial charge >= 0.3 is 0 Å². The second-order valence-corrected chi connectivity index (χ2v) is 7.06. The largest absolute Gasteiger partial charge is 0.310 e. The minimum absolute atomic E-state index is 1.11. The smallest absolute Gasteiger partial charge is 0.0547 e. The lowest BCUT2D eigenvalue weighted by Crippen LogP contribution is -1.97. The summed E-state index contributed by atoms with van der Waals surface area (Å²) in [5, 5.41) is 2.63. The van der Waals surface area contributed by atoms with Crippen LogP contribution < -0.4 is 0 Å². The first-order valence-corrected chi connectivity index (χ1v) is 9.28. The number of hydrogen-bond donors (Lipinski definition) is 0. The highest BCUT2D eigenvalue weighted by molar-refractivity contribution is 6.11. The molecule has 126 valence electrons. The predicted molar refractivity (Wildman–Crippen MR) is 112 cm³/mol. The van der Waals surface area contributed by atoms with E-state index < -0.39 is 0 Å². The number of fused-ring (bicyclic) bond motifs is 3. The molecule has 1 nitrogen and oxygen atoms in total. The molecule has 0 atom stereocenters. The van der Waals surface area contributed by atoms with Crippen LogP contribution in [0.25, 0.3) is 38.6 Å². The number of aromatic nitrogens is 1. The van der Waals surface area contributed by atoms with E-state index in [1.54, 1.807) is 0 Å². The van der Waals surface area contributed by atoms with Crippen LogP contribution in [0.2, 0.25) is 0 Å². The molecule has 5 rings (SSSR count). The SMILES string of the molecule is Cc1ccc(-c2ccc3c4ccccc4n(C4=CCCC=C4)c3c2)cc1. The Balaban J connectivity index is 1.81. The van der Waals surface area contributed by atoms with Crippen molar-refractivity contribution in [3.63, 3.8) is 0 Å². The Hall–Kier alpha value is -3.06. The number of para-hydroxylation sites is 1. The zero-order chi connectivity index (χ0) is 17.5. The molecular formula is C25H21N. The fraction of sp³-hybridized carbons (Fsp3) is 0.120.